The molecule has 0 N–H and O–H groups in total. The maximum Gasteiger partial charge on any atom is 0.0360 e. The Morgan fingerprint density at radius 2 is 2.30 bits per heavy atom. The lowest BCUT2D eigenvalue weighted by atomic mass is 10.3. The molecule has 0 nitrogen and oxygen atoms in total. The maximum atomic E-state index is 3.45. The Bertz CT molecular complexity index is 351. The van der Waals surface area contributed by atoms with Gasteiger partial charge in [-0.05, 0) is 17.5 Å². The van der Waals surface area contributed by atoms with Gasteiger partial charge >= 0.3 is 0 Å². The van der Waals surface area contributed by atoms with Crippen LogP contribution in [-0.2, 0) is 0 Å². The number of fused-ring (bicyclic) bond motifs is 1. The number of hydrogen-bond acceptors (Lipinski definition) is 1. The quantitative estimate of drug-likeness (QED) is 0.627. The van der Waals surface area contributed by atoms with E-state index in [9.17, 15) is 0 Å². The van der Waals surface area contributed by atoms with Crippen molar-refractivity contribution in [2.45, 2.75) is 0 Å². The lowest BCUT2D eigenvalue weighted by Gasteiger charge is -1.89. The van der Waals surface area contributed by atoms with Gasteiger partial charge in [-0.2, -0.15) is 0 Å². The molecule has 10 heavy (non-hydrogen) atoms. The summed E-state index contributed by atoms with van der Waals surface area (Å²) in [4.78, 5) is 0. The molecule has 0 amide bonds. The van der Waals surface area contributed by atoms with Crippen molar-refractivity contribution in [3.8, 4) is 0 Å². The molecular weight excluding hydrogens is 208 g/mol. The van der Waals surface area contributed by atoms with Crippen LogP contribution in [0.5, 0.6) is 0 Å². The second-order valence-corrected chi connectivity index (χ2v) is 3.76. The van der Waals surface area contributed by atoms with Crippen molar-refractivity contribution >= 4 is 37.4 Å². The molecule has 0 aliphatic heterocycles. The lowest BCUT2D eigenvalue weighted by molar-refractivity contribution is 1.78. The highest BCUT2D eigenvalue weighted by atomic mass is 79.9. The molecule has 0 bridgehead atoms. The molecule has 0 saturated carbocycles. The summed E-state index contributed by atoms with van der Waals surface area (Å²) in [7, 11) is 0. The van der Waals surface area contributed by atoms with Crippen LogP contribution in [0.4, 0.5) is 0 Å². The highest BCUT2D eigenvalue weighted by molar-refractivity contribution is 9.10. The Hall–Kier alpha value is -0.340. The molecule has 0 spiro atoms. The van der Waals surface area contributed by atoms with Crippen molar-refractivity contribution in [2.75, 3.05) is 0 Å². The number of thiophene rings is 1. The van der Waals surface area contributed by atoms with Gasteiger partial charge in [-0.15, -0.1) is 11.3 Å². The molecule has 2 aromatic rings. The number of halogens is 1. The van der Waals surface area contributed by atoms with Crippen LogP contribution in [-0.4, -0.2) is 0 Å². The summed E-state index contributed by atoms with van der Waals surface area (Å²) < 4.78 is 2.42. The first kappa shape index (κ1) is 6.38. The van der Waals surface area contributed by atoms with Gasteiger partial charge in [-0.1, -0.05) is 22.0 Å². The summed E-state index contributed by atoms with van der Waals surface area (Å²) in [6.07, 6.45) is 0. The third kappa shape index (κ3) is 0.879. The zero-order chi connectivity index (χ0) is 6.97. The van der Waals surface area contributed by atoms with Crippen LogP contribution < -0.4 is 0 Å². The summed E-state index contributed by atoms with van der Waals surface area (Å²) in [5.74, 6) is 0. The predicted octanol–water partition coefficient (Wildman–Crippen LogP) is 3.46. The minimum atomic E-state index is 1.13. The molecule has 2 rings (SSSR count). The summed E-state index contributed by atoms with van der Waals surface area (Å²) in [6, 6.07) is 9.33. The Morgan fingerprint density at radius 3 is 3.10 bits per heavy atom. The van der Waals surface area contributed by atoms with Gasteiger partial charge in [0, 0.05) is 20.6 Å². The molecule has 0 aliphatic rings. The molecule has 1 heterocycles. The van der Waals surface area contributed by atoms with E-state index < -0.39 is 0 Å². The van der Waals surface area contributed by atoms with Crippen molar-refractivity contribution in [2.24, 2.45) is 0 Å². The van der Waals surface area contributed by atoms with E-state index in [1.54, 1.807) is 11.3 Å². The second-order valence-electron chi connectivity index (χ2n) is 1.99. The van der Waals surface area contributed by atoms with Gasteiger partial charge in [0.1, 0.15) is 0 Å². The smallest absolute Gasteiger partial charge is 0.0360 e. The number of benzene rings is 1. The van der Waals surface area contributed by atoms with Gasteiger partial charge in [0.25, 0.3) is 0 Å². The lowest BCUT2D eigenvalue weighted by Crippen LogP contribution is -1.63. The molecule has 0 aliphatic carbocycles. The Labute approximate surface area is 71.6 Å². The van der Waals surface area contributed by atoms with Gasteiger partial charge in [-0.3, -0.25) is 0 Å². The van der Waals surface area contributed by atoms with Crippen molar-refractivity contribution in [1.29, 1.82) is 0 Å². The van der Waals surface area contributed by atoms with E-state index in [1.807, 2.05) is 17.5 Å². The van der Waals surface area contributed by atoms with Crippen LogP contribution in [0, 0.1) is 6.07 Å². The maximum absolute atomic E-state index is 3.45. The summed E-state index contributed by atoms with van der Waals surface area (Å²) in [6.45, 7) is 0. The van der Waals surface area contributed by atoms with Gasteiger partial charge < -0.3 is 0 Å². The van der Waals surface area contributed by atoms with E-state index in [0.29, 0.717) is 0 Å². The third-order valence-corrected chi connectivity index (χ3v) is 2.86. The van der Waals surface area contributed by atoms with Crippen LogP contribution in [0.15, 0.2) is 28.1 Å². The highest BCUT2D eigenvalue weighted by Gasteiger charge is 1.96. The molecule has 1 aromatic carbocycles. The van der Waals surface area contributed by atoms with Gasteiger partial charge in [0.2, 0.25) is 0 Å². The fourth-order valence-electron chi connectivity index (χ4n) is 0.895. The SMILES string of the molecule is Brc1cccc2sc[c]c12. The Balaban J connectivity index is 2.95. The van der Waals surface area contributed by atoms with E-state index in [0.717, 1.165) is 4.47 Å². The molecular formula is C8H4BrS. The zero-order valence-electron chi connectivity index (χ0n) is 5.10. The van der Waals surface area contributed by atoms with Crippen LogP contribution in [0.3, 0.4) is 0 Å². The van der Waals surface area contributed by atoms with Crippen LogP contribution in [0.2, 0.25) is 0 Å². The Kier molecular flexibility index (Phi) is 1.51. The van der Waals surface area contributed by atoms with E-state index in [4.69, 9.17) is 0 Å². The zero-order valence-corrected chi connectivity index (χ0v) is 7.50. The fourth-order valence-corrected chi connectivity index (χ4v) is 2.25. The first-order chi connectivity index (χ1) is 4.88. The van der Waals surface area contributed by atoms with Gasteiger partial charge in [0.05, 0.1) is 0 Å². The van der Waals surface area contributed by atoms with E-state index in [1.165, 1.54) is 10.1 Å². The average molecular weight is 212 g/mol. The van der Waals surface area contributed by atoms with Crippen LogP contribution >= 0.6 is 27.3 Å². The molecule has 1 aromatic heterocycles. The first-order valence-corrected chi connectivity index (χ1v) is 4.58. The number of rotatable bonds is 0. The topological polar surface area (TPSA) is 0 Å². The predicted molar refractivity (Wildman–Crippen MR) is 48.4 cm³/mol. The van der Waals surface area contributed by atoms with Crippen LogP contribution in [0.25, 0.3) is 10.1 Å². The van der Waals surface area contributed by atoms with E-state index >= 15 is 0 Å². The standard InChI is InChI=1S/C8H4BrS/c9-7-2-1-3-8-6(7)4-5-10-8/h1-3,5H. The van der Waals surface area contributed by atoms with Crippen LogP contribution in [0.1, 0.15) is 0 Å². The monoisotopic (exact) mass is 211 g/mol. The molecule has 0 saturated heterocycles. The second kappa shape index (κ2) is 2.36. The molecule has 2 heteroatoms. The molecule has 1 radical (unpaired) electrons. The Morgan fingerprint density at radius 1 is 1.40 bits per heavy atom. The van der Waals surface area contributed by atoms with Crippen molar-refractivity contribution < 1.29 is 0 Å². The fraction of sp³-hybridized carbons (Fsp3) is 0. The number of hydrogen-bond donors (Lipinski definition) is 0. The largest absolute Gasteiger partial charge is 0.143 e. The highest BCUT2D eigenvalue weighted by Crippen LogP contribution is 2.26. The summed E-state index contributed by atoms with van der Waals surface area (Å²) in [5, 5.41) is 3.17. The average Bonchev–Trinajstić information content (AvgIpc) is 2.36. The molecule has 0 atom stereocenters. The first-order valence-electron chi connectivity index (χ1n) is 2.91. The van der Waals surface area contributed by atoms with E-state index in [-0.39, 0.29) is 0 Å². The van der Waals surface area contributed by atoms with Gasteiger partial charge in [0.15, 0.2) is 0 Å². The summed E-state index contributed by atoms with van der Waals surface area (Å²) in [5.41, 5.74) is 0. The summed E-state index contributed by atoms with van der Waals surface area (Å²) >= 11 is 5.17. The van der Waals surface area contributed by atoms with Gasteiger partial charge in [-0.25, -0.2) is 0 Å². The molecule has 49 valence electrons. The van der Waals surface area contributed by atoms with Crippen molar-refractivity contribution in [1.82, 2.24) is 0 Å². The molecule has 0 fully saturated rings. The van der Waals surface area contributed by atoms with Crippen molar-refractivity contribution in [3.63, 3.8) is 0 Å². The molecule has 0 unspecified atom stereocenters. The normalized spacial score (nSPS) is 10.5. The third-order valence-electron chi connectivity index (χ3n) is 1.36. The van der Waals surface area contributed by atoms with E-state index in [2.05, 4.69) is 28.1 Å². The van der Waals surface area contributed by atoms with Crippen molar-refractivity contribution in [3.05, 3.63) is 34.1 Å². The minimum Gasteiger partial charge on any atom is -0.143 e. The minimum absolute atomic E-state index is 1.13.